The van der Waals surface area contributed by atoms with E-state index in [9.17, 15) is 4.79 Å². The maximum Gasteiger partial charge on any atom is 0.220 e. The summed E-state index contributed by atoms with van der Waals surface area (Å²) in [6.07, 6.45) is 2.47. The molecular formula is C24H29N3O2. The van der Waals surface area contributed by atoms with Gasteiger partial charge in [-0.3, -0.25) is 4.79 Å². The highest BCUT2D eigenvalue weighted by Gasteiger charge is 2.11. The second kappa shape index (κ2) is 9.52. The van der Waals surface area contributed by atoms with Crippen molar-refractivity contribution >= 4 is 5.91 Å². The van der Waals surface area contributed by atoms with E-state index in [0.717, 1.165) is 11.1 Å². The molecule has 0 saturated heterocycles. The molecule has 0 fully saturated rings. The lowest BCUT2D eigenvalue weighted by atomic mass is 9.99. The van der Waals surface area contributed by atoms with E-state index in [1.807, 2.05) is 43.3 Å². The van der Waals surface area contributed by atoms with Gasteiger partial charge in [-0.2, -0.15) is 0 Å². The summed E-state index contributed by atoms with van der Waals surface area (Å²) in [5.41, 5.74) is 10.7. The fraction of sp³-hybridized carbons (Fsp3) is 0.333. The molecule has 1 amide bonds. The van der Waals surface area contributed by atoms with Crippen molar-refractivity contribution in [1.29, 1.82) is 0 Å². The molecule has 152 valence electrons. The Morgan fingerprint density at radius 3 is 2.38 bits per heavy atom. The third-order valence-corrected chi connectivity index (χ3v) is 5.01. The van der Waals surface area contributed by atoms with E-state index in [4.69, 9.17) is 10.2 Å². The number of rotatable bonds is 8. The first-order valence-corrected chi connectivity index (χ1v) is 10.1. The van der Waals surface area contributed by atoms with Crippen molar-refractivity contribution in [3.63, 3.8) is 0 Å². The zero-order valence-corrected chi connectivity index (χ0v) is 17.3. The Labute approximate surface area is 172 Å². The lowest BCUT2D eigenvalue weighted by molar-refractivity contribution is -0.121. The van der Waals surface area contributed by atoms with E-state index < -0.39 is 0 Å². The Bertz CT molecular complexity index is 928. The van der Waals surface area contributed by atoms with Gasteiger partial charge in [0.25, 0.3) is 0 Å². The molecule has 3 N–H and O–H groups in total. The minimum absolute atomic E-state index is 0.0608. The molecule has 0 saturated carbocycles. The molecule has 0 aliphatic carbocycles. The highest BCUT2D eigenvalue weighted by Crippen LogP contribution is 2.21. The van der Waals surface area contributed by atoms with Crippen molar-refractivity contribution in [2.24, 2.45) is 5.73 Å². The Kier molecular flexibility index (Phi) is 6.83. The van der Waals surface area contributed by atoms with Crippen molar-refractivity contribution in [1.82, 2.24) is 10.3 Å². The van der Waals surface area contributed by atoms with Gasteiger partial charge in [0.05, 0.1) is 6.20 Å². The molecule has 5 heteroatoms. The number of nitrogens with zero attached hydrogens (tertiary/aromatic N) is 1. The number of hydrogen-bond acceptors (Lipinski definition) is 4. The van der Waals surface area contributed by atoms with Gasteiger partial charge in [0.1, 0.15) is 0 Å². The number of carbonyl (C=O) groups excluding carboxylic acids is 1. The van der Waals surface area contributed by atoms with Crippen LogP contribution in [-0.2, 0) is 11.2 Å². The van der Waals surface area contributed by atoms with E-state index in [1.54, 1.807) is 6.20 Å². The van der Waals surface area contributed by atoms with Crippen LogP contribution in [0.15, 0.2) is 59.1 Å². The lowest BCUT2D eigenvalue weighted by Gasteiger charge is -2.14. The fourth-order valence-electron chi connectivity index (χ4n) is 3.06. The van der Waals surface area contributed by atoms with Gasteiger partial charge in [-0.25, -0.2) is 4.98 Å². The molecule has 1 aromatic heterocycles. The van der Waals surface area contributed by atoms with E-state index in [0.29, 0.717) is 37.0 Å². The number of amides is 1. The van der Waals surface area contributed by atoms with Crippen LogP contribution in [-0.4, -0.2) is 17.4 Å². The average Bonchev–Trinajstić information content (AvgIpc) is 3.20. The highest BCUT2D eigenvalue weighted by molar-refractivity contribution is 5.76. The number of oxazole rings is 1. The molecule has 2 aromatic carbocycles. The molecule has 0 spiro atoms. The number of aryl methyl sites for hydroxylation is 2. The van der Waals surface area contributed by atoms with E-state index in [-0.39, 0.29) is 11.9 Å². The van der Waals surface area contributed by atoms with Gasteiger partial charge in [0.2, 0.25) is 5.91 Å². The SMILES string of the molecule is Cc1ccc(-c2cnc(CCC(=O)NCC(N)c3ccc(C(C)C)cc3)o2)cc1. The number of hydrogen-bond donors (Lipinski definition) is 2. The van der Waals surface area contributed by atoms with Gasteiger partial charge in [0, 0.05) is 31.0 Å². The predicted molar refractivity (Wildman–Crippen MR) is 115 cm³/mol. The molecule has 0 bridgehead atoms. The van der Waals surface area contributed by atoms with Crippen LogP contribution in [0.1, 0.15) is 54.8 Å². The van der Waals surface area contributed by atoms with Gasteiger partial charge < -0.3 is 15.5 Å². The molecule has 1 unspecified atom stereocenters. The van der Waals surface area contributed by atoms with Crippen LogP contribution in [0.4, 0.5) is 0 Å². The number of carbonyl (C=O) groups is 1. The van der Waals surface area contributed by atoms with Crippen LogP contribution >= 0.6 is 0 Å². The maximum atomic E-state index is 12.2. The smallest absolute Gasteiger partial charge is 0.220 e. The standard InChI is InChI=1S/C24H29N3O2/c1-16(2)18-8-10-19(11-9-18)21(25)14-26-23(28)12-13-24-27-15-22(29-24)20-6-4-17(3)5-7-20/h4-11,15-16,21H,12-14,25H2,1-3H3,(H,26,28). The van der Waals surface area contributed by atoms with Gasteiger partial charge >= 0.3 is 0 Å². The Morgan fingerprint density at radius 2 is 1.72 bits per heavy atom. The monoisotopic (exact) mass is 391 g/mol. The van der Waals surface area contributed by atoms with E-state index >= 15 is 0 Å². The van der Waals surface area contributed by atoms with Crippen LogP contribution < -0.4 is 11.1 Å². The largest absolute Gasteiger partial charge is 0.441 e. The van der Waals surface area contributed by atoms with Gasteiger partial charge in [-0.05, 0) is 24.0 Å². The molecule has 0 aliphatic rings. The Morgan fingerprint density at radius 1 is 1.07 bits per heavy atom. The predicted octanol–water partition coefficient (Wildman–Crippen LogP) is 4.52. The first-order chi connectivity index (χ1) is 13.9. The molecular weight excluding hydrogens is 362 g/mol. The first-order valence-electron chi connectivity index (χ1n) is 10.1. The maximum absolute atomic E-state index is 12.2. The summed E-state index contributed by atoms with van der Waals surface area (Å²) in [6, 6.07) is 16.1. The number of nitrogens with one attached hydrogen (secondary N) is 1. The summed E-state index contributed by atoms with van der Waals surface area (Å²) in [5.74, 6) is 1.70. The van der Waals surface area contributed by atoms with Crippen molar-refractivity contribution in [2.45, 2.75) is 45.6 Å². The Hall–Kier alpha value is -2.92. The zero-order chi connectivity index (χ0) is 20.8. The van der Waals surface area contributed by atoms with Crippen molar-refractivity contribution < 1.29 is 9.21 Å². The van der Waals surface area contributed by atoms with Crippen molar-refractivity contribution in [2.75, 3.05) is 6.54 Å². The fourth-order valence-corrected chi connectivity index (χ4v) is 3.06. The lowest BCUT2D eigenvalue weighted by Crippen LogP contribution is -2.32. The summed E-state index contributed by atoms with van der Waals surface area (Å²) in [4.78, 5) is 16.5. The second-order valence-corrected chi connectivity index (χ2v) is 7.72. The molecule has 0 aliphatic heterocycles. The Balaban J connectivity index is 1.46. The number of aromatic nitrogens is 1. The number of benzene rings is 2. The van der Waals surface area contributed by atoms with Crippen molar-refractivity contribution in [3.8, 4) is 11.3 Å². The quantitative estimate of drug-likeness (QED) is 0.591. The van der Waals surface area contributed by atoms with Crippen LogP contribution in [0, 0.1) is 6.92 Å². The van der Waals surface area contributed by atoms with Crippen molar-refractivity contribution in [3.05, 3.63) is 77.3 Å². The van der Waals surface area contributed by atoms with E-state index in [2.05, 4.69) is 36.3 Å². The summed E-state index contributed by atoms with van der Waals surface area (Å²) in [6.45, 7) is 6.76. The molecule has 5 nitrogen and oxygen atoms in total. The van der Waals surface area contributed by atoms with Gasteiger partial charge in [0.15, 0.2) is 11.7 Å². The molecule has 1 heterocycles. The van der Waals surface area contributed by atoms with Crippen LogP contribution in [0.2, 0.25) is 0 Å². The molecule has 0 radical (unpaired) electrons. The molecule has 3 rings (SSSR count). The highest BCUT2D eigenvalue weighted by atomic mass is 16.4. The summed E-state index contributed by atoms with van der Waals surface area (Å²) >= 11 is 0. The normalized spacial score (nSPS) is 12.2. The van der Waals surface area contributed by atoms with Crippen LogP contribution in [0.5, 0.6) is 0 Å². The number of nitrogens with two attached hydrogens (primary N) is 1. The summed E-state index contributed by atoms with van der Waals surface area (Å²) in [7, 11) is 0. The van der Waals surface area contributed by atoms with E-state index in [1.165, 1.54) is 11.1 Å². The zero-order valence-electron chi connectivity index (χ0n) is 17.3. The molecule has 1 atom stereocenters. The van der Waals surface area contributed by atoms with Gasteiger partial charge in [-0.15, -0.1) is 0 Å². The minimum atomic E-state index is -0.227. The van der Waals surface area contributed by atoms with Crippen LogP contribution in [0.25, 0.3) is 11.3 Å². The topological polar surface area (TPSA) is 81.2 Å². The minimum Gasteiger partial charge on any atom is -0.441 e. The first kappa shape index (κ1) is 20.8. The summed E-state index contributed by atoms with van der Waals surface area (Å²) in [5, 5.41) is 2.90. The summed E-state index contributed by atoms with van der Waals surface area (Å²) < 4.78 is 5.77. The van der Waals surface area contributed by atoms with Gasteiger partial charge in [-0.1, -0.05) is 67.9 Å². The molecule has 29 heavy (non-hydrogen) atoms. The second-order valence-electron chi connectivity index (χ2n) is 7.72. The molecule has 3 aromatic rings. The average molecular weight is 392 g/mol. The van der Waals surface area contributed by atoms with Crippen LogP contribution in [0.3, 0.4) is 0 Å². The third kappa shape index (κ3) is 5.78. The third-order valence-electron chi connectivity index (χ3n) is 5.01.